The normalized spacial score (nSPS) is 8.00. The molecule has 0 radical (unpaired) electrons. The summed E-state index contributed by atoms with van der Waals surface area (Å²) in [6, 6.07) is 0. The Hall–Kier alpha value is -1.19. The average Bonchev–Trinajstić information content (AvgIpc) is 1.61. The third-order valence-corrected chi connectivity index (χ3v) is 0.444. The van der Waals surface area contributed by atoms with Crippen molar-refractivity contribution in [2.24, 2.45) is 0 Å². The van der Waals surface area contributed by atoms with Crippen molar-refractivity contribution in [2.75, 3.05) is 6.54 Å². The van der Waals surface area contributed by atoms with Crippen molar-refractivity contribution in [2.45, 2.75) is 0 Å². The van der Waals surface area contributed by atoms with Gasteiger partial charge in [0.05, 0.1) is 6.54 Å². The van der Waals surface area contributed by atoms with Gasteiger partial charge < -0.3 is 15.5 Å². The number of aliphatic hydroxyl groups excluding tert-OH is 1. The molecule has 4 nitrogen and oxygen atoms in total. The molecule has 3 N–H and O–H groups in total. The third kappa shape index (κ3) is 4.81. The van der Waals surface area contributed by atoms with Crippen molar-refractivity contribution >= 4 is 6.09 Å². The number of amides is 1. The standard InChI is InChI=1S/C4H7NO3/c1-3(6)2-5-4(7)8/h5-6H,1-2H2,(H,7,8). The van der Waals surface area contributed by atoms with Crippen LogP contribution < -0.4 is 5.32 Å². The van der Waals surface area contributed by atoms with E-state index >= 15 is 0 Å². The monoisotopic (exact) mass is 117 g/mol. The summed E-state index contributed by atoms with van der Waals surface area (Å²) >= 11 is 0. The van der Waals surface area contributed by atoms with E-state index in [9.17, 15) is 4.79 Å². The highest BCUT2D eigenvalue weighted by Crippen LogP contribution is 1.74. The van der Waals surface area contributed by atoms with Gasteiger partial charge in [0.1, 0.15) is 5.76 Å². The number of rotatable bonds is 2. The van der Waals surface area contributed by atoms with Crippen LogP contribution in [-0.4, -0.2) is 22.9 Å². The highest BCUT2D eigenvalue weighted by atomic mass is 16.4. The zero-order chi connectivity index (χ0) is 6.57. The fourth-order valence-corrected chi connectivity index (χ4v) is 0.178. The van der Waals surface area contributed by atoms with E-state index in [0.717, 1.165) is 0 Å². The zero-order valence-corrected chi connectivity index (χ0v) is 4.22. The Balaban J connectivity index is 3.18. The van der Waals surface area contributed by atoms with E-state index in [4.69, 9.17) is 10.2 Å². The largest absolute Gasteiger partial charge is 0.511 e. The lowest BCUT2D eigenvalue weighted by molar-refractivity contribution is 0.193. The molecule has 0 aromatic heterocycles. The van der Waals surface area contributed by atoms with Crippen LogP contribution in [0.2, 0.25) is 0 Å². The lowest BCUT2D eigenvalue weighted by atomic mass is 10.6. The summed E-state index contributed by atoms with van der Waals surface area (Å²) < 4.78 is 0. The van der Waals surface area contributed by atoms with Crippen molar-refractivity contribution in [1.29, 1.82) is 0 Å². The van der Waals surface area contributed by atoms with E-state index in [1.54, 1.807) is 0 Å². The molecular formula is C4H7NO3. The summed E-state index contributed by atoms with van der Waals surface area (Å²) in [6.07, 6.45) is -1.17. The van der Waals surface area contributed by atoms with Crippen molar-refractivity contribution in [3.63, 3.8) is 0 Å². The smallest absolute Gasteiger partial charge is 0.405 e. The van der Waals surface area contributed by atoms with Gasteiger partial charge in [-0.05, 0) is 0 Å². The predicted octanol–water partition coefficient (Wildman–Crippen LogP) is 0.326. The first-order valence-corrected chi connectivity index (χ1v) is 1.96. The molecule has 0 saturated heterocycles. The molecular weight excluding hydrogens is 110 g/mol. The third-order valence-electron chi connectivity index (χ3n) is 0.444. The van der Waals surface area contributed by atoms with Gasteiger partial charge in [-0.2, -0.15) is 0 Å². The Morgan fingerprint density at radius 3 is 2.25 bits per heavy atom. The molecule has 46 valence electrons. The number of hydrogen-bond donors (Lipinski definition) is 3. The van der Waals surface area contributed by atoms with E-state index in [1.807, 2.05) is 5.32 Å². The van der Waals surface area contributed by atoms with Gasteiger partial charge in [0.15, 0.2) is 0 Å². The van der Waals surface area contributed by atoms with Crippen LogP contribution in [-0.2, 0) is 0 Å². The van der Waals surface area contributed by atoms with Crippen LogP contribution in [0.1, 0.15) is 0 Å². The minimum absolute atomic E-state index is 0.102. The van der Waals surface area contributed by atoms with E-state index < -0.39 is 6.09 Å². The number of carboxylic acid groups (broad SMARTS) is 1. The number of carbonyl (C=O) groups is 1. The van der Waals surface area contributed by atoms with Crippen molar-refractivity contribution in [1.82, 2.24) is 5.32 Å². The lowest BCUT2D eigenvalue weighted by Gasteiger charge is -1.94. The molecule has 0 rings (SSSR count). The van der Waals surface area contributed by atoms with Crippen molar-refractivity contribution in [3.05, 3.63) is 12.3 Å². The maximum absolute atomic E-state index is 9.64. The first-order chi connectivity index (χ1) is 3.63. The fraction of sp³-hybridized carbons (Fsp3) is 0.250. The molecule has 0 heterocycles. The van der Waals surface area contributed by atoms with Crippen LogP contribution in [0, 0.1) is 0 Å². The maximum atomic E-state index is 9.64. The number of aliphatic hydroxyl groups is 1. The summed E-state index contributed by atoms with van der Waals surface area (Å²) in [7, 11) is 0. The van der Waals surface area contributed by atoms with Gasteiger partial charge in [-0.1, -0.05) is 6.58 Å². The lowest BCUT2D eigenvalue weighted by Crippen LogP contribution is -2.22. The first-order valence-electron chi connectivity index (χ1n) is 1.96. The molecule has 0 fully saturated rings. The highest BCUT2D eigenvalue weighted by Gasteiger charge is 1.91. The van der Waals surface area contributed by atoms with Gasteiger partial charge in [-0.25, -0.2) is 4.79 Å². The van der Waals surface area contributed by atoms with Crippen LogP contribution in [0.3, 0.4) is 0 Å². The van der Waals surface area contributed by atoms with Gasteiger partial charge in [0.25, 0.3) is 0 Å². The summed E-state index contributed by atoms with van der Waals surface area (Å²) in [5, 5.41) is 18.1. The number of nitrogens with one attached hydrogen (secondary N) is 1. The van der Waals surface area contributed by atoms with Crippen LogP contribution in [0.25, 0.3) is 0 Å². The Morgan fingerprint density at radius 1 is 1.62 bits per heavy atom. The Labute approximate surface area is 46.4 Å². The predicted molar refractivity (Wildman–Crippen MR) is 27.8 cm³/mol. The maximum Gasteiger partial charge on any atom is 0.405 e. The van der Waals surface area contributed by atoms with Crippen LogP contribution >= 0.6 is 0 Å². The molecule has 0 aliphatic heterocycles. The van der Waals surface area contributed by atoms with Crippen LogP contribution in [0.4, 0.5) is 4.79 Å². The summed E-state index contributed by atoms with van der Waals surface area (Å²) in [5.74, 6) is -0.188. The van der Waals surface area contributed by atoms with Gasteiger partial charge in [-0.15, -0.1) is 0 Å². The van der Waals surface area contributed by atoms with E-state index in [1.165, 1.54) is 0 Å². The minimum atomic E-state index is -1.17. The molecule has 4 heteroatoms. The molecule has 0 aromatic carbocycles. The SMILES string of the molecule is C=C(O)CNC(=O)O. The van der Waals surface area contributed by atoms with Gasteiger partial charge >= 0.3 is 6.09 Å². The molecule has 0 spiro atoms. The molecule has 0 aromatic rings. The van der Waals surface area contributed by atoms with Gasteiger partial charge in [-0.3, -0.25) is 0 Å². The summed E-state index contributed by atoms with van der Waals surface area (Å²) in [5.41, 5.74) is 0. The molecule has 0 aliphatic carbocycles. The second-order valence-corrected chi connectivity index (χ2v) is 1.22. The van der Waals surface area contributed by atoms with Gasteiger partial charge in [0, 0.05) is 0 Å². The molecule has 8 heavy (non-hydrogen) atoms. The van der Waals surface area contributed by atoms with Crippen molar-refractivity contribution < 1.29 is 15.0 Å². The molecule has 0 bridgehead atoms. The second-order valence-electron chi connectivity index (χ2n) is 1.22. The van der Waals surface area contributed by atoms with E-state index in [2.05, 4.69) is 6.58 Å². The molecule has 0 atom stereocenters. The Morgan fingerprint density at radius 2 is 2.12 bits per heavy atom. The highest BCUT2D eigenvalue weighted by molar-refractivity contribution is 5.64. The summed E-state index contributed by atoms with van der Waals surface area (Å²) in [6.45, 7) is 2.95. The molecule has 0 unspecified atom stereocenters. The Bertz CT molecular complexity index is 95.9. The average molecular weight is 117 g/mol. The molecule has 0 aliphatic rings. The van der Waals surface area contributed by atoms with E-state index in [-0.39, 0.29) is 12.3 Å². The topological polar surface area (TPSA) is 69.6 Å². The minimum Gasteiger partial charge on any atom is -0.511 e. The fourth-order valence-electron chi connectivity index (χ4n) is 0.178. The second kappa shape index (κ2) is 2.90. The van der Waals surface area contributed by atoms with Crippen LogP contribution in [0.15, 0.2) is 12.3 Å². The summed E-state index contributed by atoms with van der Waals surface area (Å²) in [4.78, 5) is 9.64. The molecule has 0 saturated carbocycles. The number of hydrogen-bond acceptors (Lipinski definition) is 2. The van der Waals surface area contributed by atoms with Gasteiger partial charge in [0.2, 0.25) is 0 Å². The zero-order valence-electron chi connectivity index (χ0n) is 4.22. The van der Waals surface area contributed by atoms with Crippen LogP contribution in [0.5, 0.6) is 0 Å². The first kappa shape index (κ1) is 6.81. The molecule has 1 amide bonds. The quantitative estimate of drug-likeness (QED) is 0.456. The van der Waals surface area contributed by atoms with E-state index in [0.29, 0.717) is 0 Å². The Kier molecular flexibility index (Phi) is 2.47. The van der Waals surface area contributed by atoms with Crippen molar-refractivity contribution in [3.8, 4) is 0 Å².